The molecule has 0 amide bonds. The molecule has 0 fully saturated rings. The van der Waals surface area contributed by atoms with Crippen molar-refractivity contribution in [3.63, 3.8) is 0 Å². The molecule has 0 spiro atoms. The van der Waals surface area contributed by atoms with Gasteiger partial charge >= 0.3 is 5.97 Å². The normalized spacial score (nSPS) is 10.8. The molecule has 0 N–H and O–H groups in total. The molecule has 0 saturated heterocycles. The van der Waals surface area contributed by atoms with Crippen LogP contribution in [0.5, 0.6) is 0 Å². The number of esters is 1. The molecule has 2 heterocycles. The lowest BCUT2D eigenvalue weighted by Crippen LogP contribution is -2.04. The van der Waals surface area contributed by atoms with Gasteiger partial charge in [-0.05, 0) is 29.8 Å². The van der Waals surface area contributed by atoms with E-state index < -0.39 is 5.97 Å². The lowest BCUT2D eigenvalue weighted by Gasteiger charge is -1.99. The summed E-state index contributed by atoms with van der Waals surface area (Å²) >= 11 is 5.97. The van der Waals surface area contributed by atoms with E-state index in [1.807, 2.05) is 24.3 Å². The molecule has 0 aliphatic rings. The van der Waals surface area contributed by atoms with E-state index in [4.69, 9.17) is 16.3 Å². The van der Waals surface area contributed by atoms with Crippen LogP contribution in [0.3, 0.4) is 0 Å². The topological polar surface area (TPSA) is 56.5 Å². The Morgan fingerprint density at radius 2 is 2.19 bits per heavy atom. The van der Waals surface area contributed by atoms with E-state index in [9.17, 15) is 4.79 Å². The van der Waals surface area contributed by atoms with Gasteiger partial charge in [0.25, 0.3) is 0 Å². The summed E-state index contributed by atoms with van der Waals surface area (Å²) in [6, 6.07) is 10.9. The first-order chi connectivity index (χ1) is 10.2. The molecule has 0 unspecified atom stereocenters. The minimum atomic E-state index is -0.428. The lowest BCUT2D eigenvalue weighted by atomic mass is 10.1. The number of hydrogen-bond donors (Lipinski definition) is 0. The molecule has 0 radical (unpaired) electrons. The molecule has 0 atom stereocenters. The van der Waals surface area contributed by atoms with Crippen LogP contribution in [0.4, 0.5) is 0 Å². The molecular weight excluding hydrogens is 290 g/mol. The van der Waals surface area contributed by atoms with Crippen molar-refractivity contribution in [3.8, 4) is 0 Å². The van der Waals surface area contributed by atoms with Gasteiger partial charge in [0.05, 0.1) is 7.11 Å². The van der Waals surface area contributed by atoms with Crippen LogP contribution in [0.25, 0.3) is 5.65 Å². The second-order valence-corrected chi connectivity index (χ2v) is 4.95. The van der Waals surface area contributed by atoms with Crippen LogP contribution in [0.15, 0.2) is 42.6 Å². The summed E-state index contributed by atoms with van der Waals surface area (Å²) in [5.74, 6) is 0.191. The standard InChI is InChI=1S/C15H12ClN3O2/c1-21-15(20)12-6-3-7-19-14(12)17-13(18-19)9-10-4-2-5-11(16)8-10/h2-8H,9H2,1H3. The summed E-state index contributed by atoms with van der Waals surface area (Å²) in [6.45, 7) is 0. The number of rotatable bonds is 3. The third-order valence-corrected chi connectivity index (χ3v) is 3.30. The number of fused-ring (bicyclic) bond motifs is 1. The Balaban J connectivity index is 1.99. The molecule has 2 aromatic heterocycles. The van der Waals surface area contributed by atoms with Crippen molar-refractivity contribution in [1.29, 1.82) is 0 Å². The summed E-state index contributed by atoms with van der Waals surface area (Å²) < 4.78 is 6.33. The fourth-order valence-corrected chi connectivity index (χ4v) is 2.34. The first-order valence-electron chi connectivity index (χ1n) is 6.34. The number of hydrogen-bond acceptors (Lipinski definition) is 4. The first-order valence-corrected chi connectivity index (χ1v) is 6.72. The number of pyridine rings is 1. The maximum Gasteiger partial charge on any atom is 0.341 e. The summed E-state index contributed by atoms with van der Waals surface area (Å²) in [4.78, 5) is 16.1. The fourth-order valence-electron chi connectivity index (χ4n) is 2.12. The van der Waals surface area contributed by atoms with Crippen LogP contribution < -0.4 is 0 Å². The number of methoxy groups -OCH3 is 1. The van der Waals surface area contributed by atoms with Gasteiger partial charge in [-0.3, -0.25) is 0 Å². The molecule has 1 aromatic carbocycles. The minimum absolute atomic E-state index is 0.393. The molecule has 5 nitrogen and oxygen atoms in total. The maximum atomic E-state index is 11.7. The van der Waals surface area contributed by atoms with E-state index in [2.05, 4.69) is 10.1 Å². The zero-order valence-corrected chi connectivity index (χ0v) is 12.0. The van der Waals surface area contributed by atoms with E-state index in [1.165, 1.54) is 7.11 Å². The molecule has 0 aliphatic heterocycles. The van der Waals surface area contributed by atoms with Crippen LogP contribution in [-0.2, 0) is 11.2 Å². The second-order valence-electron chi connectivity index (χ2n) is 4.52. The van der Waals surface area contributed by atoms with Crippen LogP contribution in [0.2, 0.25) is 5.02 Å². The Morgan fingerprint density at radius 3 is 2.95 bits per heavy atom. The van der Waals surface area contributed by atoms with E-state index in [-0.39, 0.29) is 0 Å². The number of benzene rings is 1. The molecule has 0 bridgehead atoms. The highest BCUT2D eigenvalue weighted by Gasteiger charge is 2.14. The summed E-state index contributed by atoms with van der Waals surface area (Å²) in [6.07, 6.45) is 2.29. The highest BCUT2D eigenvalue weighted by Crippen LogP contribution is 2.15. The van der Waals surface area contributed by atoms with Crippen LogP contribution >= 0.6 is 11.6 Å². The van der Waals surface area contributed by atoms with Gasteiger partial charge in [0.15, 0.2) is 11.5 Å². The predicted octanol–water partition coefficient (Wildman–Crippen LogP) is 2.76. The first kappa shape index (κ1) is 13.6. The van der Waals surface area contributed by atoms with Gasteiger partial charge in [-0.15, -0.1) is 0 Å². The lowest BCUT2D eigenvalue weighted by molar-refractivity contribution is 0.0602. The predicted molar refractivity (Wildman–Crippen MR) is 78.6 cm³/mol. The van der Waals surface area contributed by atoms with Crippen molar-refractivity contribution in [2.75, 3.05) is 7.11 Å². The molecule has 21 heavy (non-hydrogen) atoms. The van der Waals surface area contributed by atoms with Gasteiger partial charge in [0, 0.05) is 17.6 Å². The molecule has 106 valence electrons. The number of aromatic nitrogens is 3. The third kappa shape index (κ3) is 2.73. The van der Waals surface area contributed by atoms with Gasteiger partial charge in [-0.25, -0.2) is 14.3 Å². The Morgan fingerprint density at radius 1 is 1.33 bits per heavy atom. The van der Waals surface area contributed by atoms with Crippen LogP contribution in [0, 0.1) is 0 Å². The number of nitrogens with zero attached hydrogens (tertiary/aromatic N) is 3. The Hall–Kier alpha value is -2.40. The van der Waals surface area contributed by atoms with E-state index in [1.54, 1.807) is 22.8 Å². The van der Waals surface area contributed by atoms with Crippen LogP contribution in [-0.4, -0.2) is 27.7 Å². The SMILES string of the molecule is COC(=O)c1cccn2nc(Cc3cccc(Cl)c3)nc12. The van der Waals surface area contributed by atoms with Gasteiger partial charge in [0.1, 0.15) is 5.56 Å². The van der Waals surface area contributed by atoms with Gasteiger partial charge < -0.3 is 4.74 Å². The Bertz CT molecular complexity index is 814. The average Bonchev–Trinajstić information content (AvgIpc) is 2.88. The summed E-state index contributed by atoms with van der Waals surface area (Å²) in [5, 5.41) is 5.04. The van der Waals surface area contributed by atoms with Gasteiger partial charge in [-0.1, -0.05) is 23.7 Å². The zero-order valence-electron chi connectivity index (χ0n) is 11.3. The summed E-state index contributed by atoms with van der Waals surface area (Å²) in [5.41, 5.74) is 1.89. The molecule has 0 aliphatic carbocycles. The van der Waals surface area contributed by atoms with Crippen molar-refractivity contribution in [2.24, 2.45) is 0 Å². The van der Waals surface area contributed by atoms with Crippen molar-refractivity contribution in [1.82, 2.24) is 14.6 Å². The number of carbonyl (C=O) groups excluding carboxylic acids is 1. The molecule has 3 aromatic rings. The highest BCUT2D eigenvalue weighted by molar-refractivity contribution is 6.30. The van der Waals surface area contributed by atoms with Crippen molar-refractivity contribution in [2.45, 2.75) is 6.42 Å². The largest absolute Gasteiger partial charge is 0.465 e. The Labute approximate surface area is 126 Å². The third-order valence-electron chi connectivity index (χ3n) is 3.06. The molecule has 3 rings (SSSR count). The van der Waals surface area contributed by atoms with Crippen molar-refractivity contribution in [3.05, 3.63) is 64.6 Å². The highest BCUT2D eigenvalue weighted by atomic mass is 35.5. The van der Waals surface area contributed by atoms with Crippen molar-refractivity contribution < 1.29 is 9.53 Å². The van der Waals surface area contributed by atoms with Crippen molar-refractivity contribution >= 4 is 23.2 Å². The zero-order chi connectivity index (χ0) is 14.8. The number of carbonyl (C=O) groups is 1. The monoisotopic (exact) mass is 301 g/mol. The quantitative estimate of drug-likeness (QED) is 0.698. The van der Waals surface area contributed by atoms with Gasteiger partial charge in [0.2, 0.25) is 0 Å². The fraction of sp³-hybridized carbons (Fsp3) is 0.133. The van der Waals surface area contributed by atoms with E-state index >= 15 is 0 Å². The minimum Gasteiger partial charge on any atom is -0.465 e. The van der Waals surface area contributed by atoms with E-state index in [0.29, 0.717) is 28.5 Å². The maximum absolute atomic E-state index is 11.7. The number of halogens is 1. The second kappa shape index (κ2) is 5.54. The smallest absolute Gasteiger partial charge is 0.341 e. The number of ether oxygens (including phenoxy) is 1. The summed E-state index contributed by atoms with van der Waals surface area (Å²) in [7, 11) is 1.34. The molecular formula is C15H12ClN3O2. The van der Waals surface area contributed by atoms with Crippen LogP contribution in [0.1, 0.15) is 21.7 Å². The molecule has 0 saturated carbocycles. The Kier molecular flexibility index (Phi) is 3.58. The average molecular weight is 302 g/mol. The molecule has 6 heteroatoms. The van der Waals surface area contributed by atoms with Gasteiger partial charge in [-0.2, -0.15) is 5.10 Å². The van der Waals surface area contributed by atoms with E-state index in [0.717, 1.165) is 5.56 Å².